The molecule has 0 spiro atoms. The molecule has 2 saturated carbocycles. The lowest BCUT2D eigenvalue weighted by molar-refractivity contribution is -0.00343. The monoisotopic (exact) mass is 350 g/mol. The number of hydrogen-bond donors (Lipinski definition) is 0. The third kappa shape index (κ3) is 5.43. The maximum absolute atomic E-state index is 6.24. The average Bonchev–Trinajstić information content (AvgIpc) is 3.48. The van der Waals surface area contributed by atoms with Crippen molar-refractivity contribution in [2.24, 2.45) is 11.8 Å². The smallest absolute Gasteiger partial charge is 0.0844 e. The van der Waals surface area contributed by atoms with Gasteiger partial charge in [0.1, 0.15) is 0 Å². The van der Waals surface area contributed by atoms with Gasteiger partial charge in [0.25, 0.3) is 0 Å². The van der Waals surface area contributed by atoms with Gasteiger partial charge < -0.3 is 14.2 Å². The summed E-state index contributed by atoms with van der Waals surface area (Å²) >= 11 is 0. The molecule has 0 bridgehead atoms. The highest BCUT2D eigenvalue weighted by atomic mass is 16.6. The lowest BCUT2D eigenvalue weighted by Gasteiger charge is -2.23. The molecule has 4 fully saturated rings. The Morgan fingerprint density at radius 3 is 1.64 bits per heavy atom. The van der Waals surface area contributed by atoms with E-state index in [2.05, 4.69) is 13.8 Å². The van der Waals surface area contributed by atoms with Crippen LogP contribution in [0.1, 0.15) is 90.9 Å². The van der Waals surface area contributed by atoms with Gasteiger partial charge in [-0.05, 0) is 77.0 Å². The van der Waals surface area contributed by atoms with E-state index < -0.39 is 0 Å². The summed E-state index contributed by atoms with van der Waals surface area (Å²) in [5, 5.41) is 0. The predicted molar refractivity (Wildman–Crippen MR) is 99.7 cm³/mol. The van der Waals surface area contributed by atoms with Crippen molar-refractivity contribution in [3.05, 3.63) is 0 Å². The third-order valence-electron chi connectivity index (χ3n) is 7.14. The Kier molecular flexibility index (Phi) is 6.04. The number of rotatable bonds is 10. The Morgan fingerprint density at radius 1 is 0.720 bits per heavy atom. The van der Waals surface area contributed by atoms with Crippen LogP contribution in [0.25, 0.3) is 0 Å². The summed E-state index contributed by atoms with van der Waals surface area (Å²) in [5.74, 6) is 1.83. The van der Waals surface area contributed by atoms with Crippen molar-refractivity contribution in [2.75, 3.05) is 0 Å². The molecule has 0 aromatic rings. The van der Waals surface area contributed by atoms with Gasteiger partial charge in [0.15, 0.2) is 0 Å². The highest BCUT2D eigenvalue weighted by Crippen LogP contribution is 2.42. The molecule has 144 valence electrons. The van der Waals surface area contributed by atoms with Gasteiger partial charge in [-0.15, -0.1) is 0 Å². The van der Waals surface area contributed by atoms with Gasteiger partial charge in [-0.1, -0.05) is 25.7 Å². The SMILES string of the molecule is CC(CCCC1CCC2OC2C1)OC(C)CCCC1CCC2OC2C1. The molecule has 0 radical (unpaired) electrons. The molecule has 8 unspecified atom stereocenters. The van der Waals surface area contributed by atoms with E-state index in [1.165, 1.54) is 77.0 Å². The number of hydrogen-bond acceptors (Lipinski definition) is 3. The maximum Gasteiger partial charge on any atom is 0.0844 e. The van der Waals surface area contributed by atoms with Crippen molar-refractivity contribution in [3.63, 3.8) is 0 Å². The molecular weight excluding hydrogens is 312 g/mol. The van der Waals surface area contributed by atoms with Crippen LogP contribution in [0.4, 0.5) is 0 Å². The molecule has 0 aromatic carbocycles. The molecule has 0 amide bonds. The molecule has 0 N–H and O–H groups in total. The van der Waals surface area contributed by atoms with Crippen LogP contribution in [-0.2, 0) is 14.2 Å². The number of epoxide rings is 2. The van der Waals surface area contributed by atoms with E-state index in [-0.39, 0.29) is 0 Å². The minimum atomic E-state index is 0.416. The average molecular weight is 351 g/mol. The van der Waals surface area contributed by atoms with Gasteiger partial charge in [-0.25, -0.2) is 0 Å². The Hall–Kier alpha value is -0.120. The number of ether oxygens (including phenoxy) is 3. The molecule has 3 heteroatoms. The third-order valence-corrected chi connectivity index (χ3v) is 7.14. The highest BCUT2D eigenvalue weighted by molar-refractivity contribution is 4.92. The summed E-state index contributed by atoms with van der Waals surface area (Å²) in [6, 6.07) is 0. The van der Waals surface area contributed by atoms with E-state index in [9.17, 15) is 0 Å². The van der Waals surface area contributed by atoms with Crippen LogP contribution in [0.15, 0.2) is 0 Å². The van der Waals surface area contributed by atoms with E-state index in [4.69, 9.17) is 14.2 Å². The largest absolute Gasteiger partial charge is 0.376 e. The van der Waals surface area contributed by atoms with Crippen LogP contribution < -0.4 is 0 Å². The van der Waals surface area contributed by atoms with E-state index >= 15 is 0 Å². The lowest BCUT2D eigenvalue weighted by atomic mass is 9.85. The topological polar surface area (TPSA) is 34.3 Å². The van der Waals surface area contributed by atoms with Crippen molar-refractivity contribution in [1.82, 2.24) is 0 Å². The molecule has 0 aromatic heterocycles. The fraction of sp³-hybridized carbons (Fsp3) is 1.00. The van der Waals surface area contributed by atoms with Crippen LogP contribution >= 0.6 is 0 Å². The zero-order chi connectivity index (χ0) is 17.2. The molecule has 4 rings (SSSR count). The Labute approximate surface area is 154 Å². The first kappa shape index (κ1) is 18.3. The molecule has 2 aliphatic heterocycles. The highest BCUT2D eigenvalue weighted by Gasteiger charge is 2.44. The maximum atomic E-state index is 6.24. The van der Waals surface area contributed by atoms with Gasteiger partial charge in [-0.3, -0.25) is 0 Å². The van der Waals surface area contributed by atoms with Crippen molar-refractivity contribution in [1.29, 1.82) is 0 Å². The molecule has 2 saturated heterocycles. The van der Waals surface area contributed by atoms with Crippen molar-refractivity contribution < 1.29 is 14.2 Å². The standard InChI is InChI=1S/C22H38O3/c1-15(5-3-7-17-9-11-19-21(13-17)24-19)23-16(2)6-4-8-18-10-12-20-22(14-18)25-20/h15-22H,3-14H2,1-2H3. The Morgan fingerprint density at radius 2 is 1.20 bits per heavy atom. The Balaban J connectivity index is 1.02. The summed E-state index contributed by atoms with van der Waals surface area (Å²) in [7, 11) is 0. The van der Waals surface area contributed by atoms with Crippen molar-refractivity contribution >= 4 is 0 Å². The summed E-state index contributed by atoms with van der Waals surface area (Å²) in [4.78, 5) is 0. The van der Waals surface area contributed by atoms with Crippen LogP contribution in [0.3, 0.4) is 0 Å². The predicted octanol–water partition coefficient (Wildman–Crippen LogP) is 5.26. The first-order valence-corrected chi connectivity index (χ1v) is 11.1. The van der Waals surface area contributed by atoms with Crippen LogP contribution in [0.2, 0.25) is 0 Å². The second kappa shape index (κ2) is 8.27. The van der Waals surface area contributed by atoms with E-state index in [1.54, 1.807) is 0 Å². The summed E-state index contributed by atoms with van der Waals surface area (Å²) in [6.45, 7) is 4.53. The zero-order valence-corrected chi connectivity index (χ0v) is 16.3. The van der Waals surface area contributed by atoms with Crippen molar-refractivity contribution in [2.45, 2.75) is 128 Å². The van der Waals surface area contributed by atoms with Crippen LogP contribution in [0, 0.1) is 11.8 Å². The first-order valence-electron chi connectivity index (χ1n) is 11.1. The summed E-state index contributed by atoms with van der Waals surface area (Å²) < 4.78 is 17.5. The molecule has 3 nitrogen and oxygen atoms in total. The quantitative estimate of drug-likeness (QED) is 0.504. The van der Waals surface area contributed by atoms with Gasteiger partial charge in [0.2, 0.25) is 0 Å². The normalized spacial score (nSPS) is 41.5. The molecule has 8 atom stereocenters. The van der Waals surface area contributed by atoms with E-state index in [0.717, 1.165) is 11.8 Å². The molecule has 25 heavy (non-hydrogen) atoms. The molecular formula is C22H38O3. The lowest BCUT2D eigenvalue weighted by Crippen LogP contribution is -2.19. The minimum Gasteiger partial charge on any atom is -0.376 e. The first-order chi connectivity index (χ1) is 12.2. The zero-order valence-electron chi connectivity index (χ0n) is 16.3. The Bertz CT molecular complexity index is 387. The molecule has 2 heterocycles. The van der Waals surface area contributed by atoms with Crippen molar-refractivity contribution in [3.8, 4) is 0 Å². The second-order valence-electron chi connectivity index (χ2n) is 9.40. The second-order valence-corrected chi connectivity index (χ2v) is 9.40. The summed E-state index contributed by atoms with van der Waals surface area (Å²) in [6.07, 6.45) is 19.3. The molecule has 4 aliphatic rings. The minimum absolute atomic E-state index is 0.416. The fourth-order valence-electron chi connectivity index (χ4n) is 5.42. The van der Waals surface area contributed by atoms with E-state index in [0.29, 0.717) is 36.6 Å². The summed E-state index contributed by atoms with van der Waals surface area (Å²) in [5.41, 5.74) is 0. The fourth-order valence-corrected chi connectivity index (χ4v) is 5.42. The van der Waals surface area contributed by atoms with Gasteiger partial charge >= 0.3 is 0 Å². The van der Waals surface area contributed by atoms with Crippen LogP contribution in [-0.4, -0.2) is 36.6 Å². The van der Waals surface area contributed by atoms with Gasteiger partial charge in [0.05, 0.1) is 36.6 Å². The number of fused-ring (bicyclic) bond motifs is 2. The molecule has 2 aliphatic carbocycles. The van der Waals surface area contributed by atoms with E-state index in [1.807, 2.05) is 0 Å². The van der Waals surface area contributed by atoms with Gasteiger partial charge in [-0.2, -0.15) is 0 Å². The van der Waals surface area contributed by atoms with Gasteiger partial charge in [0, 0.05) is 0 Å². The van der Waals surface area contributed by atoms with Crippen LogP contribution in [0.5, 0.6) is 0 Å².